The highest BCUT2D eigenvalue weighted by molar-refractivity contribution is 5.97. The smallest absolute Gasteiger partial charge is 0.255 e. The number of hydrogen-bond donors (Lipinski definition) is 2. The van der Waals surface area contributed by atoms with E-state index in [4.69, 9.17) is 4.42 Å². The largest absolute Gasteiger partial charge is 0.472 e. The van der Waals surface area contributed by atoms with E-state index in [0.29, 0.717) is 12.1 Å². The minimum atomic E-state index is -0.601. The number of anilines is 1. The average Bonchev–Trinajstić information content (AvgIpc) is 3.16. The fourth-order valence-corrected chi connectivity index (χ4v) is 3.05. The quantitative estimate of drug-likeness (QED) is 0.842. The maximum Gasteiger partial charge on any atom is 0.255 e. The van der Waals surface area contributed by atoms with Crippen LogP contribution in [-0.2, 0) is 11.2 Å². The Morgan fingerprint density at radius 1 is 1.28 bits per heavy atom. The van der Waals surface area contributed by atoms with Crippen molar-refractivity contribution in [3.63, 3.8) is 0 Å². The van der Waals surface area contributed by atoms with E-state index < -0.39 is 6.04 Å². The molecule has 0 bridgehead atoms. The summed E-state index contributed by atoms with van der Waals surface area (Å²) >= 11 is 0. The first kappa shape index (κ1) is 17.1. The fourth-order valence-electron chi connectivity index (χ4n) is 3.05. The van der Waals surface area contributed by atoms with Crippen LogP contribution in [0, 0.1) is 0 Å². The predicted octanol–water partition coefficient (Wildman–Crippen LogP) is 1.97. The second-order valence-corrected chi connectivity index (χ2v) is 6.22. The molecule has 1 atom stereocenters. The lowest BCUT2D eigenvalue weighted by molar-refractivity contribution is -0.122. The SMILES string of the molecule is CC(NC(=O)c1ccoc1)C(=O)NCCN1CCCc2ccccc21. The molecule has 1 aromatic carbocycles. The summed E-state index contributed by atoms with van der Waals surface area (Å²) < 4.78 is 4.87. The lowest BCUT2D eigenvalue weighted by atomic mass is 10.0. The molecule has 6 heteroatoms. The zero-order chi connectivity index (χ0) is 17.6. The van der Waals surface area contributed by atoms with Crippen molar-refractivity contribution >= 4 is 17.5 Å². The van der Waals surface area contributed by atoms with Crippen LogP contribution in [0.5, 0.6) is 0 Å². The first-order valence-corrected chi connectivity index (χ1v) is 8.59. The molecule has 2 heterocycles. The molecule has 2 amide bonds. The predicted molar refractivity (Wildman–Crippen MR) is 95.6 cm³/mol. The van der Waals surface area contributed by atoms with Crippen molar-refractivity contribution in [2.24, 2.45) is 0 Å². The molecule has 132 valence electrons. The number of furan rings is 1. The van der Waals surface area contributed by atoms with Gasteiger partial charge in [0.1, 0.15) is 12.3 Å². The van der Waals surface area contributed by atoms with Gasteiger partial charge in [0.15, 0.2) is 0 Å². The number of fused-ring (bicyclic) bond motifs is 1. The number of carbonyl (C=O) groups is 2. The highest BCUT2D eigenvalue weighted by Gasteiger charge is 2.19. The van der Waals surface area contributed by atoms with Gasteiger partial charge >= 0.3 is 0 Å². The van der Waals surface area contributed by atoms with Crippen LogP contribution < -0.4 is 15.5 Å². The number of carbonyl (C=O) groups excluding carboxylic acids is 2. The van der Waals surface area contributed by atoms with Gasteiger partial charge in [0.25, 0.3) is 5.91 Å². The van der Waals surface area contributed by atoms with Gasteiger partial charge in [-0.3, -0.25) is 9.59 Å². The topological polar surface area (TPSA) is 74.6 Å². The minimum absolute atomic E-state index is 0.192. The molecule has 1 aliphatic heterocycles. The van der Waals surface area contributed by atoms with E-state index in [-0.39, 0.29) is 11.8 Å². The Morgan fingerprint density at radius 3 is 2.92 bits per heavy atom. The third kappa shape index (κ3) is 4.21. The number of rotatable bonds is 6. The molecule has 3 rings (SSSR count). The van der Waals surface area contributed by atoms with E-state index in [1.807, 2.05) is 6.07 Å². The van der Waals surface area contributed by atoms with Gasteiger partial charge < -0.3 is 20.0 Å². The maximum absolute atomic E-state index is 12.2. The highest BCUT2D eigenvalue weighted by Crippen LogP contribution is 2.25. The summed E-state index contributed by atoms with van der Waals surface area (Å²) in [7, 11) is 0. The fraction of sp³-hybridized carbons (Fsp3) is 0.368. The number of nitrogens with zero attached hydrogens (tertiary/aromatic N) is 1. The number of benzene rings is 1. The Hall–Kier alpha value is -2.76. The zero-order valence-corrected chi connectivity index (χ0v) is 14.3. The summed E-state index contributed by atoms with van der Waals surface area (Å²) in [4.78, 5) is 26.4. The van der Waals surface area contributed by atoms with Crippen LogP contribution in [0.3, 0.4) is 0 Å². The summed E-state index contributed by atoms with van der Waals surface area (Å²) in [5.41, 5.74) is 3.02. The van der Waals surface area contributed by atoms with E-state index in [1.54, 1.807) is 13.0 Å². The van der Waals surface area contributed by atoms with Crippen molar-refractivity contribution in [3.05, 3.63) is 54.0 Å². The molecule has 0 saturated carbocycles. The van der Waals surface area contributed by atoms with E-state index in [1.165, 1.54) is 23.8 Å². The third-order valence-corrected chi connectivity index (χ3v) is 4.41. The number of hydrogen-bond acceptors (Lipinski definition) is 4. The van der Waals surface area contributed by atoms with Crippen molar-refractivity contribution in [1.82, 2.24) is 10.6 Å². The molecule has 0 fully saturated rings. The molecule has 25 heavy (non-hydrogen) atoms. The highest BCUT2D eigenvalue weighted by atomic mass is 16.3. The molecule has 1 aromatic heterocycles. The van der Waals surface area contributed by atoms with Crippen LogP contribution in [0.1, 0.15) is 29.3 Å². The van der Waals surface area contributed by atoms with E-state index in [9.17, 15) is 9.59 Å². The average molecular weight is 341 g/mol. The Morgan fingerprint density at radius 2 is 2.12 bits per heavy atom. The molecular weight excluding hydrogens is 318 g/mol. The first-order valence-electron chi connectivity index (χ1n) is 8.59. The zero-order valence-electron chi connectivity index (χ0n) is 14.3. The molecular formula is C19H23N3O3. The first-order chi connectivity index (χ1) is 12.1. The van der Waals surface area contributed by atoms with Crippen molar-refractivity contribution in [1.29, 1.82) is 0 Å². The summed E-state index contributed by atoms with van der Waals surface area (Å²) in [6.07, 6.45) is 5.02. The second kappa shape index (κ2) is 7.88. The normalized spacial score (nSPS) is 14.5. The Kier molecular flexibility index (Phi) is 5.38. The molecule has 0 spiro atoms. The van der Waals surface area contributed by atoms with Crippen molar-refractivity contribution < 1.29 is 14.0 Å². The number of nitrogens with one attached hydrogen (secondary N) is 2. The molecule has 2 aromatic rings. The van der Waals surface area contributed by atoms with Gasteiger partial charge in [0, 0.05) is 25.3 Å². The van der Waals surface area contributed by atoms with Crippen molar-refractivity contribution in [3.8, 4) is 0 Å². The summed E-state index contributed by atoms with van der Waals surface area (Å²) in [6, 6.07) is 9.36. The number of amides is 2. The van der Waals surface area contributed by atoms with Crippen LogP contribution >= 0.6 is 0 Å². The van der Waals surface area contributed by atoms with E-state index in [2.05, 4.69) is 33.7 Å². The van der Waals surface area contributed by atoms with Gasteiger partial charge in [0.2, 0.25) is 5.91 Å². The van der Waals surface area contributed by atoms with Crippen LogP contribution in [0.15, 0.2) is 47.3 Å². The van der Waals surface area contributed by atoms with Crippen molar-refractivity contribution in [2.45, 2.75) is 25.8 Å². The second-order valence-electron chi connectivity index (χ2n) is 6.22. The third-order valence-electron chi connectivity index (χ3n) is 4.41. The van der Waals surface area contributed by atoms with Gasteiger partial charge in [-0.15, -0.1) is 0 Å². The Bertz CT molecular complexity index is 727. The number of para-hydroxylation sites is 1. The summed E-state index contributed by atoms with van der Waals surface area (Å²) in [5.74, 6) is -0.511. The molecule has 6 nitrogen and oxygen atoms in total. The van der Waals surface area contributed by atoms with E-state index >= 15 is 0 Å². The van der Waals surface area contributed by atoms with Gasteiger partial charge in [-0.1, -0.05) is 18.2 Å². The summed E-state index contributed by atoms with van der Waals surface area (Å²) in [6.45, 7) is 3.97. The Labute approximate surface area is 147 Å². The van der Waals surface area contributed by atoms with Crippen LogP contribution in [0.4, 0.5) is 5.69 Å². The molecule has 0 radical (unpaired) electrons. The van der Waals surface area contributed by atoms with E-state index in [0.717, 1.165) is 25.9 Å². The van der Waals surface area contributed by atoms with Gasteiger partial charge in [0.05, 0.1) is 11.8 Å². The molecule has 0 saturated heterocycles. The monoisotopic (exact) mass is 341 g/mol. The lowest BCUT2D eigenvalue weighted by Gasteiger charge is -2.31. The molecule has 1 aliphatic rings. The lowest BCUT2D eigenvalue weighted by Crippen LogP contribution is -2.47. The minimum Gasteiger partial charge on any atom is -0.472 e. The van der Waals surface area contributed by atoms with Gasteiger partial charge in [-0.2, -0.15) is 0 Å². The Balaban J connectivity index is 1.46. The molecule has 0 aliphatic carbocycles. The van der Waals surface area contributed by atoms with Crippen molar-refractivity contribution in [2.75, 3.05) is 24.5 Å². The van der Waals surface area contributed by atoms with Crippen LogP contribution in [0.2, 0.25) is 0 Å². The van der Waals surface area contributed by atoms with Gasteiger partial charge in [-0.25, -0.2) is 0 Å². The summed E-state index contributed by atoms with van der Waals surface area (Å²) in [5, 5.41) is 5.55. The standard InChI is InChI=1S/C19H23N3O3/c1-14(21-19(24)16-8-12-25-13-16)18(23)20-9-11-22-10-4-6-15-5-2-3-7-17(15)22/h2-3,5,7-8,12-14H,4,6,9-11H2,1H3,(H,20,23)(H,21,24). The van der Waals surface area contributed by atoms with Crippen LogP contribution in [0.25, 0.3) is 0 Å². The van der Waals surface area contributed by atoms with Crippen LogP contribution in [-0.4, -0.2) is 37.5 Å². The maximum atomic E-state index is 12.2. The molecule has 1 unspecified atom stereocenters. The molecule has 2 N–H and O–H groups in total. The van der Waals surface area contributed by atoms with Gasteiger partial charge in [-0.05, 0) is 37.5 Å². The number of aryl methyl sites for hydroxylation is 1.